The zero-order valence-corrected chi connectivity index (χ0v) is 6.89. The van der Waals surface area contributed by atoms with Gasteiger partial charge in [0.15, 0.2) is 9.84 Å². The normalized spacial score (nSPS) is 30.7. The van der Waals surface area contributed by atoms with E-state index in [1.807, 2.05) is 6.92 Å². The topological polar surface area (TPSA) is 48.2 Å². The molecule has 0 aromatic rings. The van der Waals surface area contributed by atoms with Crippen LogP contribution in [0.25, 0.3) is 0 Å². The smallest absolute Gasteiger partial charge is 0.151 e. The molecule has 0 aliphatic carbocycles. The number of nitrogens with zero attached hydrogens (tertiary/aromatic N) is 1. The molecule has 1 saturated heterocycles. The Morgan fingerprint density at radius 1 is 1.60 bits per heavy atom. The molecule has 1 unspecified atom stereocenters. The van der Waals surface area contributed by atoms with Gasteiger partial charge < -0.3 is 0 Å². The second-order valence-corrected chi connectivity index (χ2v) is 4.78. The van der Waals surface area contributed by atoms with Crippen molar-refractivity contribution in [2.45, 2.75) is 19.4 Å². The Balaban J connectivity index is 2.44. The predicted octanol–water partition coefficient (Wildman–Crippen LogP) is -0.202. The van der Waals surface area contributed by atoms with E-state index in [1.54, 1.807) is 0 Å². The first-order chi connectivity index (χ1) is 4.64. The Labute approximate surface area is 61.7 Å². The molecule has 1 radical (unpaired) electrons. The van der Waals surface area contributed by atoms with Crippen LogP contribution in [0.3, 0.4) is 0 Å². The van der Waals surface area contributed by atoms with Crippen molar-refractivity contribution in [3.63, 3.8) is 0 Å². The van der Waals surface area contributed by atoms with Gasteiger partial charge in [-0.15, -0.1) is 0 Å². The Morgan fingerprint density at radius 2 is 2.30 bits per heavy atom. The lowest BCUT2D eigenvalue weighted by Gasteiger charge is -2.03. The molecule has 1 aliphatic heterocycles. The fourth-order valence-corrected chi connectivity index (χ4v) is 2.83. The van der Waals surface area contributed by atoms with Crippen molar-refractivity contribution in [2.24, 2.45) is 0 Å². The van der Waals surface area contributed by atoms with E-state index in [1.165, 1.54) is 0 Å². The summed E-state index contributed by atoms with van der Waals surface area (Å²) in [6.07, 6.45) is 0.732. The van der Waals surface area contributed by atoms with E-state index in [-0.39, 0.29) is 11.8 Å². The van der Waals surface area contributed by atoms with Gasteiger partial charge in [-0.1, -0.05) is 6.92 Å². The first kappa shape index (κ1) is 8.01. The highest BCUT2D eigenvalue weighted by molar-refractivity contribution is 7.91. The average Bonchev–Trinajstić information content (AvgIpc) is 2.12. The van der Waals surface area contributed by atoms with Gasteiger partial charge in [0.1, 0.15) is 0 Å². The van der Waals surface area contributed by atoms with E-state index < -0.39 is 9.84 Å². The molecule has 0 spiro atoms. The fraction of sp³-hybridized carbons (Fsp3) is 1.00. The van der Waals surface area contributed by atoms with Gasteiger partial charge >= 0.3 is 0 Å². The molecule has 1 heterocycles. The summed E-state index contributed by atoms with van der Waals surface area (Å²) < 4.78 is 21.7. The Morgan fingerprint density at radius 3 is 2.70 bits per heavy atom. The second-order valence-electron chi connectivity index (χ2n) is 2.56. The number of sulfone groups is 1. The molecule has 59 valence electrons. The van der Waals surface area contributed by atoms with E-state index in [0.717, 1.165) is 13.0 Å². The standard InChI is InChI=1S/C6H12NO2S/c1-2-7-6-3-4-10(8,9)5-6/h6H,2-5H2,1H3. The first-order valence-corrected chi connectivity index (χ1v) is 5.33. The van der Waals surface area contributed by atoms with E-state index in [2.05, 4.69) is 5.32 Å². The Bertz CT molecular complexity index is 198. The van der Waals surface area contributed by atoms with Crippen molar-refractivity contribution in [1.82, 2.24) is 5.32 Å². The summed E-state index contributed by atoms with van der Waals surface area (Å²) in [6.45, 7) is 2.67. The molecule has 0 saturated carbocycles. The van der Waals surface area contributed by atoms with Crippen LogP contribution in [-0.4, -0.2) is 32.5 Å². The zero-order valence-electron chi connectivity index (χ0n) is 6.08. The molecule has 4 heteroatoms. The molecule has 0 bridgehead atoms. The maximum Gasteiger partial charge on any atom is 0.151 e. The SMILES string of the molecule is CC[N]C1CCS(=O)(=O)C1. The molecule has 0 aromatic heterocycles. The van der Waals surface area contributed by atoms with Crippen molar-refractivity contribution >= 4 is 9.84 Å². The van der Waals surface area contributed by atoms with E-state index >= 15 is 0 Å². The lowest BCUT2D eigenvalue weighted by molar-refractivity contribution is 0.562. The Kier molecular flexibility index (Phi) is 2.31. The summed E-state index contributed by atoms with van der Waals surface area (Å²) in [6, 6.07) is 0.0926. The molecule has 1 atom stereocenters. The minimum absolute atomic E-state index is 0.0926. The summed E-state index contributed by atoms with van der Waals surface area (Å²) in [4.78, 5) is 0. The van der Waals surface area contributed by atoms with E-state index in [0.29, 0.717) is 5.75 Å². The molecular formula is C6H12NO2S. The molecule has 0 amide bonds. The lowest BCUT2D eigenvalue weighted by Crippen LogP contribution is -2.22. The van der Waals surface area contributed by atoms with Crippen LogP contribution < -0.4 is 5.32 Å². The van der Waals surface area contributed by atoms with Crippen LogP contribution in [-0.2, 0) is 9.84 Å². The summed E-state index contributed by atoms with van der Waals surface area (Å²) in [7, 11) is -2.71. The second kappa shape index (κ2) is 2.88. The van der Waals surface area contributed by atoms with Crippen LogP contribution in [0.2, 0.25) is 0 Å². The van der Waals surface area contributed by atoms with Crippen LogP contribution in [0.1, 0.15) is 13.3 Å². The molecule has 1 aliphatic rings. The van der Waals surface area contributed by atoms with Crippen LogP contribution in [0.5, 0.6) is 0 Å². The van der Waals surface area contributed by atoms with Gasteiger partial charge in [0.25, 0.3) is 0 Å². The predicted molar refractivity (Wildman–Crippen MR) is 39.7 cm³/mol. The minimum Gasteiger partial charge on any atom is -0.238 e. The fourth-order valence-electron chi connectivity index (χ4n) is 1.18. The van der Waals surface area contributed by atoms with Gasteiger partial charge in [0.05, 0.1) is 11.5 Å². The Hall–Kier alpha value is -0.0900. The highest BCUT2D eigenvalue weighted by atomic mass is 32.2. The van der Waals surface area contributed by atoms with Crippen LogP contribution in [0.15, 0.2) is 0 Å². The van der Waals surface area contributed by atoms with Gasteiger partial charge in [0.2, 0.25) is 0 Å². The van der Waals surface area contributed by atoms with Crippen molar-refractivity contribution in [1.29, 1.82) is 0 Å². The third-order valence-corrected chi connectivity index (χ3v) is 3.40. The van der Waals surface area contributed by atoms with Crippen molar-refractivity contribution in [3.05, 3.63) is 0 Å². The highest BCUT2D eigenvalue weighted by Gasteiger charge is 2.27. The molecule has 1 fully saturated rings. The first-order valence-electron chi connectivity index (χ1n) is 3.51. The quantitative estimate of drug-likeness (QED) is 0.564. The number of hydrogen-bond donors (Lipinski definition) is 0. The van der Waals surface area contributed by atoms with Crippen molar-refractivity contribution < 1.29 is 8.42 Å². The highest BCUT2D eigenvalue weighted by Crippen LogP contribution is 2.11. The van der Waals surface area contributed by atoms with Crippen LogP contribution >= 0.6 is 0 Å². The monoisotopic (exact) mass is 162 g/mol. The maximum atomic E-state index is 10.9. The lowest BCUT2D eigenvalue weighted by atomic mass is 10.3. The largest absolute Gasteiger partial charge is 0.238 e. The number of rotatable bonds is 2. The van der Waals surface area contributed by atoms with Crippen LogP contribution in [0, 0.1) is 0 Å². The van der Waals surface area contributed by atoms with Crippen LogP contribution in [0.4, 0.5) is 0 Å². The summed E-state index contributed by atoms with van der Waals surface area (Å²) in [5.74, 6) is 0.613. The molecule has 10 heavy (non-hydrogen) atoms. The minimum atomic E-state index is -2.71. The van der Waals surface area contributed by atoms with Gasteiger partial charge in [-0.05, 0) is 6.42 Å². The van der Waals surface area contributed by atoms with E-state index in [9.17, 15) is 8.42 Å². The summed E-state index contributed by atoms with van der Waals surface area (Å²) in [5.41, 5.74) is 0. The molecule has 3 nitrogen and oxygen atoms in total. The molecular weight excluding hydrogens is 150 g/mol. The van der Waals surface area contributed by atoms with Crippen molar-refractivity contribution in [3.8, 4) is 0 Å². The molecule has 0 aromatic carbocycles. The van der Waals surface area contributed by atoms with Crippen molar-refractivity contribution in [2.75, 3.05) is 18.1 Å². The third kappa shape index (κ3) is 1.95. The summed E-state index contributed by atoms with van der Waals surface area (Å²) in [5, 5.41) is 4.14. The van der Waals surface area contributed by atoms with Gasteiger partial charge in [0, 0.05) is 12.6 Å². The van der Waals surface area contributed by atoms with Gasteiger partial charge in [-0.25, -0.2) is 13.7 Å². The maximum absolute atomic E-state index is 10.9. The summed E-state index contributed by atoms with van der Waals surface area (Å²) >= 11 is 0. The van der Waals surface area contributed by atoms with Gasteiger partial charge in [-0.3, -0.25) is 0 Å². The third-order valence-electron chi connectivity index (χ3n) is 1.65. The molecule has 1 rings (SSSR count). The van der Waals surface area contributed by atoms with E-state index in [4.69, 9.17) is 0 Å². The zero-order chi connectivity index (χ0) is 7.61. The van der Waals surface area contributed by atoms with Gasteiger partial charge in [-0.2, -0.15) is 0 Å². The average molecular weight is 162 g/mol. The number of hydrogen-bond acceptors (Lipinski definition) is 2. The molecule has 0 N–H and O–H groups in total.